The van der Waals surface area contributed by atoms with Crippen molar-refractivity contribution in [2.75, 3.05) is 6.54 Å². The lowest BCUT2D eigenvalue weighted by atomic mass is 9.63. The first-order chi connectivity index (χ1) is 11.7. The molecule has 132 valence electrons. The Labute approximate surface area is 149 Å². The lowest BCUT2D eigenvalue weighted by Crippen LogP contribution is -2.51. The molecule has 0 spiro atoms. The fourth-order valence-electron chi connectivity index (χ4n) is 5.17. The van der Waals surface area contributed by atoms with Crippen LogP contribution in [0.2, 0.25) is 0 Å². The van der Waals surface area contributed by atoms with Crippen LogP contribution < -0.4 is 5.32 Å². The van der Waals surface area contributed by atoms with E-state index < -0.39 is 5.41 Å². The van der Waals surface area contributed by atoms with Gasteiger partial charge in [0.25, 0.3) is 0 Å². The minimum absolute atomic E-state index is 0.111. The Hall–Kier alpha value is -1.97. The van der Waals surface area contributed by atoms with Gasteiger partial charge in [-0.1, -0.05) is 20.8 Å². The number of aryl methyl sites for hydroxylation is 2. The average Bonchev–Trinajstić information content (AvgIpc) is 2.84. The molecule has 2 aromatic rings. The van der Waals surface area contributed by atoms with Crippen LogP contribution in [0.1, 0.15) is 63.1 Å². The first kappa shape index (κ1) is 16.5. The van der Waals surface area contributed by atoms with Crippen LogP contribution in [-0.4, -0.2) is 22.4 Å². The molecule has 0 aliphatic heterocycles. The molecular formula is C21H27N3O. The average molecular weight is 337 g/mol. The number of carbonyl (C=O) groups excluding carboxylic acids is 1. The van der Waals surface area contributed by atoms with Crippen molar-refractivity contribution in [1.82, 2.24) is 15.3 Å². The summed E-state index contributed by atoms with van der Waals surface area (Å²) in [5, 5.41) is 3.08. The molecule has 1 N–H and O–H groups in total. The molecule has 4 nitrogen and oxygen atoms in total. The van der Waals surface area contributed by atoms with Gasteiger partial charge in [0.2, 0.25) is 5.91 Å². The number of aromatic nitrogens is 2. The van der Waals surface area contributed by atoms with Crippen LogP contribution >= 0.6 is 0 Å². The van der Waals surface area contributed by atoms with Crippen LogP contribution in [0.3, 0.4) is 0 Å². The number of nitrogens with one attached hydrogen (secondary N) is 1. The standard InChI is InChI=1S/C21H27N3O/c1-7-22-18(25)21-9-8-20(6,19(21,4)5)16-17(21)24-15-11-13(3)12(2)10-14(15)23-16/h10-11H,7-9H2,1-6H3,(H,22,25)/t20-,21+/m1/s1. The Morgan fingerprint density at radius 1 is 1.04 bits per heavy atom. The van der Waals surface area contributed by atoms with Crippen molar-refractivity contribution in [1.29, 1.82) is 0 Å². The maximum absolute atomic E-state index is 13.2. The lowest BCUT2D eigenvalue weighted by Gasteiger charge is -2.39. The van der Waals surface area contributed by atoms with E-state index in [9.17, 15) is 4.79 Å². The minimum atomic E-state index is -0.576. The fourth-order valence-corrected chi connectivity index (χ4v) is 5.17. The topological polar surface area (TPSA) is 54.9 Å². The number of carbonyl (C=O) groups is 1. The van der Waals surface area contributed by atoms with Crippen LogP contribution in [0.15, 0.2) is 12.1 Å². The smallest absolute Gasteiger partial charge is 0.232 e. The van der Waals surface area contributed by atoms with Crippen molar-refractivity contribution in [3.8, 4) is 0 Å². The molecular weight excluding hydrogens is 310 g/mol. The summed E-state index contributed by atoms with van der Waals surface area (Å²) in [5.41, 5.74) is 5.33. The highest BCUT2D eigenvalue weighted by Crippen LogP contribution is 2.70. The molecule has 25 heavy (non-hydrogen) atoms. The predicted molar refractivity (Wildman–Crippen MR) is 99.7 cm³/mol. The summed E-state index contributed by atoms with van der Waals surface area (Å²) in [5.74, 6) is 0.111. The van der Waals surface area contributed by atoms with E-state index in [0.29, 0.717) is 6.54 Å². The number of fused-ring (bicyclic) bond motifs is 6. The second-order valence-electron chi connectivity index (χ2n) is 8.57. The number of likely N-dealkylation sites (N-methyl/N-ethyl adjacent to an activating group) is 1. The minimum Gasteiger partial charge on any atom is -0.356 e. The van der Waals surface area contributed by atoms with Crippen molar-refractivity contribution >= 4 is 16.9 Å². The zero-order valence-electron chi connectivity index (χ0n) is 16.1. The Kier molecular flexibility index (Phi) is 3.17. The van der Waals surface area contributed by atoms with E-state index in [1.807, 2.05) is 6.92 Å². The second-order valence-corrected chi connectivity index (χ2v) is 8.57. The van der Waals surface area contributed by atoms with Crippen molar-refractivity contribution in [3.05, 3.63) is 34.6 Å². The van der Waals surface area contributed by atoms with Crippen LogP contribution in [0, 0.1) is 19.3 Å². The molecule has 0 radical (unpaired) electrons. The zero-order chi connectivity index (χ0) is 18.2. The summed E-state index contributed by atoms with van der Waals surface area (Å²) in [6, 6.07) is 4.23. The highest BCUT2D eigenvalue weighted by atomic mass is 16.2. The number of benzene rings is 1. The molecule has 1 saturated carbocycles. The molecule has 1 heterocycles. The van der Waals surface area contributed by atoms with E-state index >= 15 is 0 Å². The van der Waals surface area contributed by atoms with Gasteiger partial charge in [0.1, 0.15) is 0 Å². The largest absolute Gasteiger partial charge is 0.356 e. The molecule has 2 bridgehead atoms. The summed E-state index contributed by atoms with van der Waals surface area (Å²) in [6.07, 6.45) is 1.83. The third-order valence-electron chi connectivity index (χ3n) is 7.38. The first-order valence-corrected chi connectivity index (χ1v) is 9.27. The Morgan fingerprint density at radius 3 is 2.16 bits per heavy atom. The van der Waals surface area contributed by atoms with Gasteiger partial charge in [-0.15, -0.1) is 0 Å². The normalized spacial score (nSPS) is 29.0. The van der Waals surface area contributed by atoms with Gasteiger partial charge in [-0.2, -0.15) is 0 Å². The summed E-state index contributed by atoms with van der Waals surface area (Å²) in [7, 11) is 0. The number of hydrogen-bond donors (Lipinski definition) is 1. The summed E-state index contributed by atoms with van der Waals surface area (Å²) in [6.45, 7) is 13.5. The van der Waals surface area contributed by atoms with Crippen LogP contribution in [0.25, 0.3) is 11.0 Å². The third kappa shape index (κ3) is 1.70. The molecule has 2 aliphatic carbocycles. The van der Waals surface area contributed by atoms with Gasteiger partial charge in [-0.25, -0.2) is 9.97 Å². The van der Waals surface area contributed by atoms with Gasteiger partial charge >= 0.3 is 0 Å². The number of amides is 1. The number of rotatable bonds is 2. The summed E-state index contributed by atoms with van der Waals surface area (Å²) in [4.78, 5) is 23.3. The van der Waals surface area contributed by atoms with Crippen LogP contribution in [0.4, 0.5) is 0 Å². The monoisotopic (exact) mass is 337 g/mol. The molecule has 0 saturated heterocycles. The van der Waals surface area contributed by atoms with Gasteiger partial charge in [-0.3, -0.25) is 4.79 Å². The van der Waals surface area contributed by atoms with E-state index in [0.717, 1.165) is 35.3 Å². The molecule has 4 heteroatoms. The highest BCUT2D eigenvalue weighted by Gasteiger charge is 2.73. The van der Waals surface area contributed by atoms with E-state index in [2.05, 4.69) is 52.1 Å². The molecule has 1 aromatic carbocycles. The highest BCUT2D eigenvalue weighted by molar-refractivity contribution is 5.93. The van der Waals surface area contributed by atoms with Crippen molar-refractivity contribution in [3.63, 3.8) is 0 Å². The number of nitrogens with zero attached hydrogens (tertiary/aromatic N) is 2. The van der Waals surface area contributed by atoms with Crippen molar-refractivity contribution in [2.45, 2.75) is 65.2 Å². The van der Waals surface area contributed by atoms with E-state index in [1.165, 1.54) is 11.1 Å². The molecule has 1 amide bonds. The second kappa shape index (κ2) is 4.80. The zero-order valence-corrected chi connectivity index (χ0v) is 16.1. The maximum Gasteiger partial charge on any atom is 0.232 e. The fraction of sp³-hybridized carbons (Fsp3) is 0.571. The van der Waals surface area contributed by atoms with Gasteiger partial charge < -0.3 is 5.32 Å². The molecule has 1 aromatic heterocycles. The van der Waals surface area contributed by atoms with Crippen molar-refractivity contribution < 1.29 is 4.79 Å². The van der Waals surface area contributed by atoms with Gasteiger partial charge in [0.15, 0.2) is 0 Å². The van der Waals surface area contributed by atoms with Gasteiger partial charge in [0, 0.05) is 12.0 Å². The predicted octanol–water partition coefficient (Wildman–Crippen LogP) is 3.71. The maximum atomic E-state index is 13.2. The molecule has 0 unspecified atom stereocenters. The van der Waals surface area contributed by atoms with Crippen LogP contribution in [0.5, 0.6) is 0 Å². The van der Waals surface area contributed by atoms with E-state index in [4.69, 9.17) is 9.97 Å². The SMILES string of the molecule is CCNC(=O)[C@]12CC[C@](C)(c3nc4cc(C)c(C)cc4nc31)C2(C)C. The molecule has 2 atom stereocenters. The lowest BCUT2D eigenvalue weighted by molar-refractivity contribution is -0.130. The Morgan fingerprint density at radius 2 is 1.60 bits per heavy atom. The Bertz CT molecular complexity index is 917. The molecule has 1 fully saturated rings. The first-order valence-electron chi connectivity index (χ1n) is 9.27. The van der Waals surface area contributed by atoms with Gasteiger partial charge in [-0.05, 0) is 62.3 Å². The quantitative estimate of drug-likeness (QED) is 0.909. The van der Waals surface area contributed by atoms with E-state index in [-0.39, 0.29) is 16.7 Å². The third-order valence-corrected chi connectivity index (χ3v) is 7.38. The summed E-state index contributed by atoms with van der Waals surface area (Å²) >= 11 is 0. The molecule has 4 rings (SSSR count). The van der Waals surface area contributed by atoms with Gasteiger partial charge in [0.05, 0.1) is 27.8 Å². The molecule has 2 aliphatic rings. The van der Waals surface area contributed by atoms with Crippen LogP contribution in [-0.2, 0) is 15.6 Å². The Balaban J connectivity index is 2.06. The number of hydrogen-bond acceptors (Lipinski definition) is 3. The summed E-state index contributed by atoms with van der Waals surface area (Å²) < 4.78 is 0. The van der Waals surface area contributed by atoms with E-state index in [1.54, 1.807) is 0 Å². The van der Waals surface area contributed by atoms with Crippen molar-refractivity contribution in [2.24, 2.45) is 5.41 Å².